The van der Waals surface area contributed by atoms with Gasteiger partial charge in [-0.1, -0.05) is 63.2 Å². The molecule has 2 heterocycles. The van der Waals surface area contributed by atoms with Gasteiger partial charge in [0.05, 0.1) is 18.5 Å². The summed E-state index contributed by atoms with van der Waals surface area (Å²) < 4.78 is 0. The Kier molecular flexibility index (Phi) is 7.30. The highest BCUT2D eigenvalue weighted by Crippen LogP contribution is 2.34. The molecule has 200 valence electrons. The summed E-state index contributed by atoms with van der Waals surface area (Å²) in [6.45, 7) is 6.36. The topological polar surface area (TPSA) is 111 Å². The number of aliphatic hydroxyl groups is 1. The summed E-state index contributed by atoms with van der Waals surface area (Å²) in [5, 5.41) is 14.0. The van der Waals surface area contributed by atoms with Gasteiger partial charge in [-0.25, -0.2) is 4.98 Å². The summed E-state index contributed by atoms with van der Waals surface area (Å²) in [7, 11) is 0. The molecule has 5 rings (SSSR count). The van der Waals surface area contributed by atoms with Crippen LogP contribution in [0.15, 0.2) is 85.6 Å². The van der Waals surface area contributed by atoms with E-state index in [0.717, 1.165) is 23.1 Å². The fourth-order valence-electron chi connectivity index (χ4n) is 5.11. The summed E-state index contributed by atoms with van der Waals surface area (Å²) in [5.41, 5.74) is 4.26. The minimum atomic E-state index is -1.07. The molecule has 8 nitrogen and oxygen atoms in total. The predicted molar refractivity (Wildman–Crippen MR) is 149 cm³/mol. The van der Waals surface area contributed by atoms with Crippen LogP contribution in [0.2, 0.25) is 0 Å². The van der Waals surface area contributed by atoms with Crippen molar-refractivity contribution >= 4 is 17.5 Å². The van der Waals surface area contributed by atoms with Gasteiger partial charge in [0.15, 0.2) is 0 Å². The summed E-state index contributed by atoms with van der Waals surface area (Å²) in [4.78, 5) is 40.9. The van der Waals surface area contributed by atoms with Crippen molar-refractivity contribution in [1.82, 2.24) is 20.3 Å². The van der Waals surface area contributed by atoms with Crippen molar-refractivity contribution in [3.63, 3.8) is 0 Å². The summed E-state index contributed by atoms with van der Waals surface area (Å²) in [6.07, 6.45) is 6.67. The second-order valence-electron chi connectivity index (χ2n) is 10.9. The highest BCUT2D eigenvalue weighted by Gasteiger charge is 2.38. The fourth-order valence-corrected chi connectivity index (χ4v) is 5.11. The smallest absolute Gasteiger partial charge is 0.279 e. The Labute approximate surface area is 228 Å². The molecule has 2 amide bonds. The van der Waals surface area contributed by atoms with Crippen LogP contribution in [0.1, 0.15) is 72.0 Å². The molecule has 1 unspecified atom stereocenters. The van der Waals surface area contributed by atoms with Gasteiger partial charge in [-0.15, -0.1) is 0 Å². The maximum Gasteiger partial charge on any atom is 0.279 e. The molecule has 8 heteroatoms. The Morgan fingerprint density at radius 2 is 1.85 bits per heavy atom. The highest BCUT2D eigenvalue weighted by molar-refractivity contribution is 6.09. The second kappa shape index (κ2) is 10.8. The van der Waals surface area contributed by atoms with Gasteiger partial charge in [0.1, 0.15) is 11.7 Å². The summed E-state index contributed by atoms with van der Waals surface area (Å²) in [6, 6.07) is 17.3. The van der Waals surface area contributed by atoms with E-state index in [1.165, 1.54) is 17.4 Å². The number of aryl methyl sites for hydroxylation is 1. The first-order valence-electron chi connectivity index (χ1n) is 13.1. The van der Waals surface area contributed by atoms with E-state index in [9.17, 15) is 14.7 Å². The van der Waals surface area contributed by atoms with Crippen molar-refractivity contribution < 1.29 is 14.7 Å². The van der Waals surface area contributed by atoms with Crippen molar-refractivity contribution in [1.29, 1.82) is 0 Å². The highest BCUT2D eigenvalue weighted by atomic mass is 16.3. The molecule has 3 atom stereocenters. The fraction of sp³-hybridized carbons (Fsp3) is 0.290. The average molecular weight is 524 g/mol. The molecule has 1 aliphatic carbocycles. The molecule has 4 aromatic rings. The van der Waals surface area contributed by atoms with E-state index >= 15 is 0 Å². The number of H-pyrrole nitrogens is 1. The Morgan fingerprint density at radius 1 is 1.08 bits per heavy atom. The molecular weight excluding hydrogens is 490 g/mol. The number of hydrogen-bond acceptors (Lipinski definition) is 5. The molecule has 0 aliphatic heterocycles. The van der Waals surface area contributed by atoms with E-state index in [2.05, 4.69) is 41.0 Å². The molecule has 1 aliphatic rings. The molecule has 0 radical (unpaired) electrons. The normalized spacial score (nSPS) is 17.6. The van der Waals surface area contributed by atoms with Gasteiger partial charge in [0.2, 0.25) is 5.91 Å². The molecule has 0 saturated carbocycles. The SMILES string of the molecule is CC(C)(C)c1ccc(N(C(=O)c2c[nH]cn2)C(C(=O)N[C@H]2c3ccccc3CC[C@@H]2O)c2cccnc2)cc1. The van der Waals surface area contributed by atoms with Gasteiger partial charge >= 0.3 is 0 Å². The summed E-state index contributed by atoms with van der Waals surface area (Å²) in [5.74, 6) is -0.860. The lowest BCUT2D eigenvalue weighted by Crippen LogP contribution is -2.47. The van der Waals surface area contributed by atoms with Crippen LogP contribution in [0, 0.1) is 0 Å². The van der Waals surface area contributed by atoms with Crippen molar-refractivity contribution in [2.24, 2.45) is 0 Å². The van der Waals surface area contributed by atoms with Gasteiger partial charge in [-0.05, 0) is 53.1 Å². The van der Waals surface area contributed by atoms with Gasteiger partial charge in [0.25, 0.3) is 5.91 Å². The number of fused-ring (bicyclic) bond motifs is 1. The number of nitrogens with one attached hydrogen (secondary N) is 2. The number of anilines is 1. The van der Waals surface area contributed by atoms with Crippen molar-refractivity contribution in [3.05, 3.63) is 114 Å². The lowest BCUT2D eigenvalue weighted by atomic mass is 9.85. The van der Waals surface area contributed by atoms with Crippen LogP contribution in [0.4, 0.5) is 5.69 Å². The number of aromatic nitrogens is 3. The van der Waals surface area contributed by atoms with Gasteiger partial charge < -0.3 is 15.4 Å². The minimum Gasteiger partial charge on any atom is -0.391 e. The van der Waals surface area contributed by atoms with Crippen LogP contribution >= 0.6 is 0 Å². The van der Waals surface area contributed by atoms with E-state index in [1.807, 2.05) is 48.5 Å². The van der Waals surface area contributed by atoms with Gasteiger partial charge in [0, 0.05) is 29.8 Å². The third-order valence-electron chi connectivity index (χ3n) is 7.24. The van der Waals surface area contributed by atoms with Crippen LogP contribution < -0.4 is 10.2 Å². The lowest BCUT2D eigenvalue weighted by Gasteiger charge is -2.35. The first-order chi connectivity index (χ1) is 18.7. The van der Waals surface area contributed by atoms with Crippen molar-refractivity contribution in [2.45, 2.75) is 57.2 Å². The number of benzene rings is 2. The Morgan fingerprint density at radius 3 is 2.51 bits per heavy atom. The molecule has 0 fully saturated rings. The molecule has 3 N–H and O–H groups in total. The largest absolute Gasteiger partial charge is 0.391 e. The minimum absolute atomic E-state index is 0.0831. The molecule has 0 saturated heterocycles. The standard InChI is InChI=1S/C31H33N5O3/c1-31(2,3)22-11-13-23(14-12-22)36(30(39)25-18-33-19-34-25)28(21-8-6-16-32-17-21)29(38)35-27-24-9-5-4-7-20(24)10-15-26(27)37/h4-9,11-14,16-19,26-28,37H,10,15H2,1-3H3,(H,33,34)(H,35,38)/t26-,27-,28?/m0/s1. The van der Waals surface area contributed by atoms with E-state index in [0.29, 0.717) is 17.7 Å². The Hall–Kier alpha value is -4.30. The first kappa shape index (κ1) is 26.3. The van der Waals surface area contributed by atoms with Crippen LogP contribution in [0.3, 0.4) is 0 Å². The van der Waals surface area contributed by atoms with Crippen LogP contribution in [-0.4, -0.2) is 38.0 Å². The average Bonchev–Trinajstić information content (AvgIpc) is 3.48. The number of aliphatic hydroxyl groups excluding tert-OH is 1. The summed E-state index contributed by atoms with van der Waals surface area (Å²) >= 11 is 0. The Bertz CT molecular complexity index is 1430. The maximum atomic E-state index is 14.2. The Balaban J connectivity index is 1.59. The molecule has 0 bridgehead atoms. The zero-order valence-corrected chi connectivity index (χ0v) is 22.3. The van der Waals surface area contributed by atoms with Gasteiger partial charge in [-0.2, -0.15) is 0 Å². The number of imidazole rings is 1. The molecule has 2 aromatic heterocycles. The number of carbonyl (C=O) groups is 2. The van der Waals surface area contributed by atoms with Gasteiger partial charge in [-0.3, -0.25) is 19.5 Å². The van der Waals surface area contributed by atoms with Crippen LogP contribution in [-0.2, 0) is 16.6 Å². The van der Waals surface area contributed by atoms with E-state index in [1.54, 1.807) is 24.5 Å². The van der Waals surface area contributed by atoms with E-state index in [4.69, 9.17) is 0 Å². The number of carbonyl (C=O) groups excluding carboxylic acids is 2. The zero-order valence-electron chi connectivity index (χ0n) is 22.3. The molecule has 0 spiro atoms. The van der Waals surface area contributed by atoms with E-state index in [-0.39, 0.29) is 11.1 Å². The van der Waals surface area contributed by atoms with Crippen molar-refractivity contribution in [3.8, 4) is 0 Å². The van der Waals surface area contributed by atoms with E-state index < -0.39 is 30.0 Å². The predicted octanol–water partition coefficient (Wildman–Crippen LogP) is 4.65. The molecule has 2 aromatic carbocycles. The molecular formula is C31H33N5O3. The maximum absolute atomic E-state index is 14.2. The third kappa shape index (κ3) is 5.47. The lowest BCUT2D eigenvalue weighted by molar-refractivity contribution is -0.124. The number of amides is 2. The quantitative estimate of drug-likeness (QED) is 0.341. The number of rotatable bonds is 6. The van der Waals surface area contributed by atoms with Crippen LogP contribution in [0.25, 0.3) is 0 Å². The van der Waals surface area contributed by atoms with Crippen LogP contribution in [0.5, 0.6) is 0 Å². The van der Waals surface area contributed by atoms with Crippen molar-refractivity contribution in [2.75, 3.05) is 4.90 Å². The number of nitrogens with zero attached hydrogens (tertiary/aromatic N) is 3. The monoisotopic (exact) mass is 523 g/mol. The third-order valence-corrected chi connectivity index (χ3v) is 7.24. The number of hydrogen-bond donors (Lipinski definition) is 3. The second-order valence-corrected chi connectivity index (χ2v) is 10.9. The first-order valence-corrected chi connectivity index (χ1v) is 13.1. The molecule has 39 heavy (non-hydrogen) atoms. The zero-order chi connectivity index (χ0) is 27.6. The number of aromatic amines is 1. The number of pyridine rings is 1.